The normalized spacial score (nSPS) is 12.2. The lowest BCUT2D eigenvalue weighted by molar-refractivity contribution is 0.0946. The first-order valence-electron chi connectivity index (χ1n) is 7.92. The van der Waals surface area contributed by atoms with Crippen LogP contribution in [0.15, 0.2) is 35.1 Å². The molecule has 2 aromatic rings. The first-order valence-corrected chi connectivity index (χ1v) is 7.92. The van der Waals surface area contributed by atoms with Crippen molar-refractivity contribution in [2.24, 2.45) is 0 Å². The average Bonchev–Trinajstić information content (AvgIpc) is 3.04. The standard InChI is InChI=1S/C17H19N3O4/c1-2-9-20-16(21)6-4-13(19-20)17(22)18-8-7-12-3-5-14-15(10-12)24-11-23-14/h3-6,10H,2,7-9,11H2,1H3,(H,18,22). The predicted molar refractivity (Wildman–Crippen MR) is 87.4 cm³/mol. The minimum Gasteiger partial charge on any atom is -0.454 e. The maximum Gasteiger partial charge on any atom is 0.271 e. The number of carbonyl (C=O) groups excluding carboxylic acids is 1. The van der Waals surface area contributed by atoms with Crippen molar-refractivity contribution in [3.05, 3.63) is 51.9 Å². The fourth-order valence-electron chi connectivity index (χ4n) is 2.45. The van der Waals surface area contributed by atoms with Crippen molar-refractivity contribution < 1.29 is 14.3 Å². The van der Waals surface area contributed by atoms with Crippen LogP contribution in [0.25, 0.3) is 0 Å². The van der Waals surface area contributed by atoms with Gasteiger partial charge in [0.2, 0.25) is 6.79 Å². The van der Waals surface area contributed by atoms with Crippen molar-refractivity contribution >= 4 is 5.91 Å². The molecule has 0 saturated heterocycles. The largest absolute Gasteiger partial charge is 0.454 e. The van der Waals surface area contributed by atoms with E-state index in [1.54, 1.807) is 0 Å². The smallest absolute Gasteiger partial charge is 0.271 e. The number of aromatic nitrogens is 2. The molecular weight excluding hydrogens is 310 g/mol. The molecule has 1 aromatic carbocycles. The van der Waals surface area contributed by atoms with Crippen LogP contribution in [0.2, 0.25) is 0 Å². The summed E-state index contributed by atoms with van der Waals surface area (Å²) in [4.78, 5) is 23.8. The highest BCUT2D eigenvalue weighted by Gasteiger charge is 2.13. The molecule has 0 radical (unpaired) electrons. The average molecular weight is 329 g/mol. The highest BCUT2D eigenvalue weighted by Crippen LogP contribution is 2.32. The van der Waals surface area contributed by atoms with Gasteiger partial charge in [-0.15, -0.1) is 0 Å². The van der Waals surface area contributed by atoms with Gasteiger partial charge < -0.3 is 14.8 Å². The summed E-state index contributed by atoms with van der Waals surface area (Å²) >= 11 is 0. The van der Waals surface area contributed by atoms with Crippen LogP contribution in [0.1, 0.15) is 29.4 Å². The number of fused-ring (bicyclic) bond motifs is 1. The summed E-state index contributed by atoms with van der Waals surface area (Å²) in [6.45, 7) is 3.16. The maximum absolute atomic E-state index is 12.2. The van der Waals surface area contributed by atoms with E-state index in [0.717, 1.165) is 23.5 Å². The molecule has 24 heavy (non-hydrogen) atoms. The molecule has 1 aliphatic rings. The van der Waals surface area contributed by atoms with Crippen LogP contribution in [-0.2, 0) is 13.0 Å². The van der Waals surface area contributed by atoms with E-state index < -0.39 is 0 Å². The number of rotatable bonds is 6. The molecule has 3 rings (SSSR count). The summed E-state index contributed by atoms with van der Waals surface area (Å²) in [7, 11) is 0. The zero-order valence-corrected chi connectivity index (χ0v) is 13.4. The zero-order valence-electron chi connectivity index (χ0n) is 13.4. The number of nitrogens with one attached hydrogen (secondary N) is 1. The molecule has 2 heterocycles. The molecule has 7 heteroatoms. The lowest BCUT2D eigenvalue weighted by Gasteiger charge is -2.07. The quantitative estimate of drug-likeness (QED) is 0.865. The SMILES string of the molecule is CCCn1nc(C(=O)NCCc2ccc3c(c2)OCO3)ccc1=O. The first kappa shape index (κ1) is 16.0. The molecular formula is C17H19N3O4. The summed E-state index contributed by atoms with van der Waals surface area (Å²) in [6.07, 6.45) is 1.44. The van der Waals surface area contributed by atoms with Gasteiger partial charge in [-0.1, -0.05) is 13.0 Å². The van der Waals surface area contributed by atoms with E-state index in [0.29, 0.717) is 19.5 Å². The van der Waals surface area contributed by atoms with Crippen LogP contribution in [0, 0.1) is 0 Å². The number of ether oxygens (including phenoxy) is 2. The molecule has 7 nitrogen and oxygen atoms in total. The minimum absolute atomic E-state index is 0.200. The van der Waals surface area contributed by atoms with Gasteiger partial charge in [-0.2, -0.15) is 5.10 Å². The summed E-state index contributed by atoms with van der Waals surface area (Å²) < 4.78 is 11.9. The lowest BCUT2D eigenvalue weighted by atomic mass is 10.1. The molecule has 0 atom stereocenters. The molecule has 0 aliphatic carbocycles. The first-order chi connectivity index (χ1) is 11.7. The molecule has 126 valence electrons. The van der Waals surface area contributed by atoms with Crippen LogP contribution in [0.4, 0.5) is 0 Å². The van der Waals surface area contributed by atoms with E-state index in [1.807, 2.05) is 25.1 Å². The second kappa shape index (κ2) is 7.16. The van der Waals surface area contributed by atoms with Crippen molar-refractivity contribution in [2.75, 3.05) is 13.3 Å². The van der Waals surface area contributed by atoms with Crippen molar-refractivity contribution in [2.45, 2.75) is 26.3 Å². The predicted octanol–water partition coefficient (Wildman–Crippen LogP) is 1.35. The third-order valence-corrected chi connectivity index (χ3v) is 3.67. The number of aryl methyl sites for hydroxylation is 1. The second-order valence-electron chi connectivity index (χ2n) is 5.47. The van der Waals surface area contributed by atoms with E-state index in [1.165, 1.54) is 16.8 Å². The van der Waals surface area contributed by atoms with E-state index in [2.05, 4.69) is 10.4 Å². The number of amides is 1. The number of benzene rings is 1. The summed E-state index contributed by atoms with van der Waals surface area (Å²) in [5.74, 6) is 1.18. The molecule has 0 unspecified atom stereocenters. The molecule has 0 saturated carbocycles. The Kier molecular flexibility index (Phi) is 4.79. The van der Waals surface area contributed by atoms with E-state index >= 15 is 0 Å². The van der Waals surface area contributed by atoms with Crippen molar-refractivity contribution in [1.82, 2.24) is 15.1 Å². The van der Waals surface area contributed by atoms with E-state index in [4.69, 9.17) is 9.47 Å². The Hall–Kier alpha value is -2.83. The third-order valence-electron chi connectivity index (χ3n) is 3.67. The molecule has 1 aliphatic heterocycles. The number of hydrogen-bond acceptors (Lipinski definition) is 5. The van der Waals surface area contributed by atoms with E-state index in [-0.39, 0.29) is 24.0 Å². The summed E-state index contributed by atoms with van der Waals surface area (Å²) in [5, 5.41) is 6.91. The van der Waals surface area contributed by atoms with Crippen LogP contribution >= 0.6 is 0 Å². The molecule has 1 aromatic heterocycles. The Labute approximate surface area is 139 Å². The van der Waals surface area contributed by atoms with Gasteiger partial charge in [0.05, 0.1) is 0 Å². The molecule has 0 fully saturated rings. The van der Waals surface area contributed by atoms with E-state index in [9.17, 15) is 9.59 Å². The van der Waals surface area contributed by atoms with Crippen molar-refractivity contribution in [3.63, 3.8) is 0 Å². The van der Waals surface area contributed by atoms with Crippen LogP contribution in [0.3, 0.4) is 0 Å². The molecule has 0 spiro atoms. The zero-order chi connectivity index (χ0) is 16.9. The topological polar surface area (TPSA) is 82.5 Å². The van der Waals surface area contributed by atoms with Gasteiger partial charge >= 0.3 is 0 Å². The van der Waals surface area contributed by atoms with Crippen LogP contribution in [0.5, 0.6) is 11.5 Å². The number of carbonyl (C=O) groups is 1. The Balaban J connectivity index is 1.57. The van der Waals surface area contributed by atoms with Crippen LogP contribution < -0.4 is 20.3 Å². The fourth-order valence-corrected chi connectivity index (χ4v) is 2.45. The van der Waals surface area contributed by atoms with Crippen LogP contribution in [-0.4, -0.2) is 29.0 Å². The third kappa shape index (κ3) is 3.56. The summed E-state index contributed by atoms with van der Waals surface area (Å²) in [5.41, 5.74) is 1.09. The Bertz CT molecular complexity index is 801. The van der Waals surface area contributed by atoms with Crippen molar-refractivity contribution in [3.8, 4) is 11.5 Å². The van der Waals surface area contributed by atoms with Gasteiger partial charge in [0, 0.05) is 19.2 Å². The number of nitrogens with zero attached hydrogens (tertiary/aromatic N) is 2. The van der Waals surface area contributed by atoms with Gasteiger partial charge in [0.1, 0.15) is 5.69 Å². The Morgan fingerprint density at radius 3 is 2.92 bits per heavy atom. The van der Waals surface area contributed by atoms with Gasteiger partial charge in [-0.05, 0) is 36.6 Å². The summed E-state index contributed by atoms with van der Waals surface area (Å²) in [6, 6.07) is 8.54. The maximum atomic E-state index is 12.2. The van der Waals surface area contributed by atoms with Gasteiger partial charge in [-0.25, -0.2) is 4.68 Å². The Morgan fingerprint density at radius 2 is 2.08 bits per heavy atom. The van der Waals surface area contributed by atoms with Gasteiger partial charge in [0.25, 0.3) is 11.5 Å². The highest BCUT2D eigenvalue weighted by molar-refractivity contribution is 5.91. The van der Waals surface area contributed by atoms with Gasteiger partial charge in [-0.3, -0.25) is 9.59 Å². The highest BCUT2D eigenvalue weighted by atomic mass is 16.7. The van der Waals surface area contributed by atoms with Crippen molar-refractivity contribution in [1.29, 1.82) is 0 Å². The fraction of sp³-hybridized carbons (Fsp3) is 0.353. The monoisotopic (exact) mass is 329 g/mol. The molecule has 1 amide bonds. The molecule has 0 bridgehead atoms. The second-order valence-corrected chi connectivity index (χ2v) is 5.47. The van der Waals surface area contributed by atoms with Gasteiger partial charge in [0.15, 0.2) is 11.5 Å². The Morgan fingerprint density at radius 1 is 1.25 bits per heavy atom. The number of hydrogen-bond donors (Lipinski definition) is 1. The lowest BCUT2D eigenvalue weighted by Crippen LogP contribution is -2.30. The minimum atomic E-state index is -0.291. The molecule has 1 N–H and O–H groups in total.